The average molecular weight is 389 g/mol. The monoisotopic (exact) mass is 388 g/mol. The largest absolute Gasteiger partial charge is 0.386 e. The summed E-state index contributed by atoms with van der Waals surface area (Å²) in [4.78, 5) is 4.66. The van der Waals surface area contributed by atoms with Gasteiger partial charge in [-0.2, -0.15) is 0 Å². The SMILES string of the molecule is CC1(C)SC[C@@](C)(c2cc(/C=C/c3ccc(Cl)cc3)ccc2F)N=C1N. The highest BCUT2D eigenvalue weighted by atomic mass is 35.5. The highest BCUT2D eigenvalue weighted by molar-refractivity contribution is 8.01. The van der Waals surface area contributed by atoms with Crippen LogP contribution in [0, 0.1) is 5.82 Å². The number of hydrogen-bond acceptors (Lipinski definition) is 3. The van der Waals surface area contributed by atoms with Crippen molar-refractivity contribution in [1.82, 2.24) is 0 Å². The van der Waals surface area contributed by atoms with Crippen LogP contribution >= 0.6 is 23.4 Å². The molecule has 3 rings (SSSR count). The van der Waals surface area contributed by atoms with Gasteiger partial charge in [-0.05, 0) is 56.2 Å². The minimum atomic E-state index is -0.668. The molecule has 0 fully saturated rings. The van der Waals surface area contributed by atoms with Crippen LogP contribution in [-0.4, -0.2) is 16.3 Å². The van der Waals surface area contributed by atoms with Crippen molar-refractivity contribution in [3.8, 4) is 0 Å². The third-order valence-electron chi connectivity index (χ3n) is 4.61. The average Bonchev–Trinajstić information content (AvgIpc) is 2.59. The van der Waals surface area contributed by atoms with Crippen LogP contribution in [0.5, 0.6) is 0 Å². The molecule has 1 atom stereocenters. The third-order valence-corrected chi connectivity index (χ3v) is 6.50. The van der Waals surface area contributed by atoms with Crippen LogP contribution in [0.2, 0.25) is 5.02 Å². The summed E-state index contributed by atoms with van der Waals surface area (Å²) in [5.41, 5.74) is 7.99. The first-order valence-corrected chi connectivity index (χ1v) is 9.79. The molecule has 2 N–H and O–H groups in total. The van der Waals surface area contributed by atoms with E-state index in [1.165, 1.54) is 6.07 Å². The van der Waals surface area contributed by atoms with Crippen molar-refractivity contribution < 1.29 is 4.39 Å². The fraction of sp³-hybridized carbons (Fsp3) is 0.286. The van der Waals surface area contributed by atoms with Gasteiger partial charge < -0.3 is 5.73 Å². The van der Waals surface area contributed by atoms with Crippen molar-refractivity contribution in [2.24, 2.45) is 10.7 Å². The summed E-state index contributed by atoms with van der Waals surface area (Å²) < 4.78 is 14.3. The van der Waals surface area contributed by atoms with E-state index in [4.69, 9.17) is 17.3 Å². The fourth-order valence-corrected chi connectivity index (χ4v) is 3.97. The number of nitrogens with zero attached hydrogens (tertiary/aromatic N) is 1. The molecule has 0 aliphatic carbocycles. The van der Waals surface area contributed by atoms with E-state index in [0.717, 1.165) is 11.1 Å². The van der Waals surface area contributed by atoms with E-state index >= 15 is 0 Å². The Labute approximate surface area is 163 Å². The van der Waals surface area contributed by atoms with Crippen LogP contribution in [0.4, 0.5) is 4.39 Å². The molecule has 0 bridgehead atoms. The number of halogens is 2. The quantitative estimate of drug-likeness (QED) is 0.680. The second-order valence-corrected chi connectivity index (χ2v) is 9.23. The van der Waals surface area contributed by atoms with Gasteiger partial charge >= 0.3 is 0 Å². The zero-order valence-electron chi connectivity index (χ0n) is 15.1. The number of amidine groups is 1. The maximum atomic E-state index is 14.6. The fourth-order valence-electron chi connectivity index (χ4n) is 2.79. The second kappa shape index (κ2) is 7.09. The maximum absolute atomic E-state index is 14.6. The van der Waals surface area contributed by atoms with Crippen LogP contribution in [0.1, 0.15) is 37.5 Å². The van der Waals surface area contributed by atoms with Crippen LogP contribution in [0.25, 0.3) is 12.2 Å². The number of benzene rings is 2. The minimum Gasteiger partial charge on any atom is -0.386 e. The molecule has 5 heteroatoms. The molecule has 0 saturated carbocycles. The smallest absolute Gasteiger partial charge is 0.128 e. The Morgan fingerprint density at radius 2 is 1.69 bits per heavy atom. The van der Waals surface area contributed by atoms with E-state index in [1.54, 1.807) is 17.8 Å². The van der Waals surface area contributed by atoms with Crippen LogP contribution in [0.15, 0.2) is 47.5 Å². The number of hydrogen-bond donors (Lipinski definition) is 1. The normalized spacial score (nSPS) is 22.4. The molecule has 0 amide bonds. The minimum absolute atomic E-state index is 0.220. The molecule has 0 saturated heterocycles. The first-order chi connectivity index (χ1) is 12.2. The molecule has 0 radical (unpaired) electrons. The summed E-state index contributed by atoms with van der Waals surface area (Å²) in [6.45, 7) is 6.02. The topological polar surface area (TPSA) is 38.4 Å². The predicted molar refractivity (Wildman–Crippen MR) is 112 cm³/mol. The van der Waals surface area contributed by atoms with Gasteiger partial charge in [0.15, 0.2) is 0 Å². The summed E-state index contributed by atoms with van der Waals surface area (Å²) in [6.07, 6.45) is 3.94. The molecule has 1 heterocycles. The Balaban J connectivity index is 1.93. The van der Waals surface area contributed by atoms with Crippen LogP contribution in [0.3, 0.4) is 0 Å². The molecule has 2 nitrogen and oxygen atoms in total. The first kappa shape index (κ1) is 19.0. The lowest BCUT2D eigenvalue weighted by atomic mass is 9.91. The van der Waals surface area contributed by atoms with Crippen molar-refractivity contribution in [2.45, 2.75) is 31.1 Å². The standard InChI is InChI=1S/C21H22ClFN2S/c1-20(2)19(24)25-21(3,13-26-20)17-12-15(8-11-18(17)23)5-4-14-6-9-16(22)10-7-14/h4-12H,13H2,1-3H3,(H2,24,25)/b5-4+/t21-/m0/s1. The summed E-state index contributed by atoms with van der Waals surface area (Å²) in [7, 11) is 0. The maximum Gasteiger partial charge on any atom is 0.128 e. The van der Waals surface area contributed by atoms with Gasteiger partial charge in [-0.15, -0.1) is 11.8 Å². The molecule has 26 heavy (non-hydrogen) atoms. The summed E-state index contributed by atoms with van der Waals surface area (Å²) in [6, 6.07) is 12.7. The molecule has 0 unspecified atom stereocenters. The lowest BCUT2D eigenvalue weighted by molar-refractivity contribution is 0.502. The number of nitrogens with two attached hydrogens (primary N) is 1. The Hall–Kier alpha value is -1.78. The van der Waals surface area contributed by atoms with E-state index in [9.17, 15) is 4.39 Å². The molecule has 0 spiro atoms. The van der Waals surface area contributed by atoms with E-state index in [2.05, 4.69) is 4.99 Å². The highest BCUT2D eigenvalue weighted by Gasteiger charge is 2.39. The highest BCUT2D eigenvalue weighted by Crippen LogP contribution is 2.41. The lowest BCUT2D eigenvalue weighted by Gasteiger charge is -2.37. The van der Waals surface area contributed by atoms with E-state index < -0.39 is 5.54 Å². The molecule has 1 aliphatic heterocycles. The third kappa shape index (κ3) is 3.97. The molecular weight excluding hydrogens is 367 g/mol. The molecule has 0 aromatic heterocycles. The second-order valence-electron chi connectivity index (χ2n) is 7.19. The van der Waals surface area contributed by atoms with Crippen molar-refractivity contribution in [2.75, 3.05) is 5.75 Å². The van der Waals surface area contributed by atoms with Crippen molar-refractivity contribution in [3.63, 3.8) is 0 Å². The van der Waals surface area contributed by atoms with Gasteiger partial charge in [0.2, 0.25) is 0 Å². The van der Waals surface area contributed by atoms with Gasteiger partial charge in [0.05, 0.1) is 10.3 Å². The molecule has 1 aliphatic rings. The van der Waals surface area contributed by atoms with Gasteiger partial charge in [0, 0.05) is 16.3 Å². The van der Waals surface area contributed by atoms with Gasteiger partial charge in [-0.1, -0.05) is 42.0 Å². The van der Waals surface area contributed by atoms with Crippen LogP contribution < -0.4 is 5.73 Å². The molecular formula is C21H22ClFN2S. The predicted octanol–water partition coefficient (Wildman–Crippen LogP) is 5.75. The Bertz CT molecular complexity index is 874. The van der Waals surface area contributed by atoms with E-state index in [-0.39, 0.29) is 10.6 Å². The van der Waals surface area contributed by atoms with E-state index in [0.29, 0.717) is 22.2 Å². The van der Waals surface area contributed by atoms with Crippen LogP contribution in [-0.2, 0) is 5.54 Å². The summed E-state index contributed by atoms with van der Waals surface area (Å²) in [5.74, 6) is 0.980. The Kier molecular flexibility index (Phi) is 5.18. The zero-order valence-corrected chi connectivity index (χ0v) is 16.7. The van der Waals surface area contributed by atoms with Gasteiger partial charge in [0.25, 0.3) is 0 Å². The Morgan fingerprint density at radius 1 is 1.08 bits per heavy atom. The molecule has 136 valence electrons. The Morgan fingerprint density at radius 3 is 2.35 bits per heavy atom. The van der Waals surface area contributed by atoms with Crippen molar-refractivity contribution in [3.05, 3.63) is 70.0 Å². The summed E-state index contributed by atoms with van der Waals surface area (Å²) >= 11 is 7.61. The van der Waals surface area contributed by atoms with Gasteiger partial charge in [0.1, 0.15) is 11.7 Å². The lowest BCUT2D eigenvalue weighted by Crippen LogP contribution is -2.44. The zero-order chi connectivity index (χ0) is 18.9. The summed E-state index contributed by atoms with van der Waals surface area (Å²) in [5, 5.41) is 0.701. The van der Waals surface area contributed by atoms with Crippen molar-refractivity contribution in [1.29, 1.82) is 0 Å². The number of aliphatic imine (C=N–C) groups is 1. The van der Waals surface area contributed by atoms with Gasteiger partial charge in [-0.25, -0.2) is 4.39 Å². The van der Waals surface area contributed by atoms with Crippen molar-refractivity contribution >= 4 is 41.4 Å². The molecule has 2 aromatic rings. The first-order valence-electron chi connectivity index (χ1n) is 8.43. The van der Waals surface area contributed by atoms with Gasteiger partial charge in [-0.3, -0.25) is 4.99 Å². The number of thioether (sulfide) groups is 1. The molecule has 2 aromatic carbocycles. The van der Waals surface area contributed by atoms with E-state index in [1.807, 2.05) is 63.3 Å². The number of rotatable bonds is 3.